The van der Waals surface area contributed by atoms with E-state index in [0.717, 1.165) is 47.6 Å². The van der Waals surface area contributed by atoms with Crippen LogP contribution in [0.5, 0.6) is 0 Å². The lowest BCUT2D eigenvalue weighted by atomic mass is 9.79. The van der Waals surface area contributed by atoms with Crippen LogP contribution >= 0.6 is 0 Å². The number of nitrogens with two attached hydrogens (primary N) is 1. The molecule has 3 aromatic rings. The van der Waals surface area contributed by atoms with Crippen molar-refractivity contribution in [2.45, 2.75) is 32.5 Å². The van der Waals surface area contributed by atoms with Crippen molar-refractivity contribution in [2.24, 2.45) is 21.6 Å². The van der Waals surface area contributed by atoms with E-state index in [1.807, 2.05) is 12.3 Å². The normalized spacial score (nSPS) is 21.3. The number of hydrogen-bond acceptors (Lipinski definition) is 5. The highest BCUT2D eigenvalue weighted by Gasteiger charge is 2.25. The van der Waals surface area contributed by atoms with E-state index in [0.29, 0.717) is 19.1 Å². The van der Waals surface area contributed by atoms with Crippen molar-refractivity contribution >= 4 is 11.4 Å². The third-order valence-electron chi connectivity index (χ3n) is 9.77. The van der Waals surface area contributed by atoms with Crippen LogP contribution in [0.2, 0.25) is 0 Å². The molecule has 5 nitrogen and oxygen atoms in total. The average Bonchev–Trinajstić information content (AvgIpc) is 3.79. The van der Waals surface area contributed by atoms with E-state index in [4.69, 9.17) is 15.5 Å². The van der Waals surface area contributed by atoms with Gasteiger partial charge in [0.2, 0.25) is 0 Å². The Morgan fingerprint density at radius 3 is 2.51 bits per heavy atom. The van der Waals surface area contributed by atoms with Gasteiger partial charge in [0, 0.05) is 35.7 Å². The molecule has 0 bridgehead atoms. The van der Waals surface area contributed by atoms with E-state index in [1.54, 1.807) is 6.20 Å². The maximum Gasteiger partial charge on any atom is 0.0727 e. The van der Waals surface area contributed by atoms with E-state index in [9.17, 15) is 0 Å². The van der Waals surface area contributed by atoms with Crippen molar-refractivity contribution in [1.82, 2.24) is 5.32 Å². The summed E-state index contributed by atoms with van der Waals surface area (Å²) in [5.74, 6) is 0.657. The summed E-state index contributed by atoms with van der Waals surface area (Å²) in [5.41, 5.74) is 22.5. The summed E-state index contributed by atoms with van der Waals surface area (Å²) in [5, 5.41) is 3.38. The molecule has 3 N–H and O–H groups in total. The van der Waals surface area contributed by atoms with Crippen LogP contribution in [0.4, 0.5) is 0 Å². The van der Waals surface area contributed by atoms with Crippen LogP contribution in [0.1, 0.15) is 47.1 Å². The van der Waals surface area contributed by atoms with Gasteiger partial charge in [-0.2, -0.15) is 0 Å². The molecule has 4 heterocycles. The second-order valence-corrected chi connectivity index (χ2v) is 12.8. The summed E-state index contributed by atoms with van der Waals surface area (Å²) in [7, 11) is 0. The molecular formula is C42H38N4O. The van der Waals surface area contributed by atoms with E-state index < -0.39 is 0 Å². The van der Waals surface area contributed by atoms with E-state index in [2.05, 4.69) is 121 Å². The van der Waals surface area contributed by atoms with E-state index in [1.165, 1.54) is 50.1 Å². The van der Waals surface area contributed by atoms with Gasteiger partial charge in [0.05, 0.1) is 31.2 Å². The first-order valence-electron chi connectivity index (χ1n) is 16.5. The Hall–Kier alpha value is -5.26. The van der Waals surface area contributed by atoms with Crippen molar-refractivity contribution in [3.05, 3.63) is 166 Å². The number of hydrogen-bond donors (Lipinski definition) is 2. The molecule has 2 unspecified atom stereocenters. The predicted molar refractivity (Wildman–Crippen MR) is 193 cm³/mol. The number of ether oxygens (including phenoxy) is 1. The minimum Gasteiger partial charge on any atom is -0.405 e. The van der Waals surface area contributed by atoms with E-state index in [-0.39, 0.29) is 5.92 Å². The molecule has 3 aromatic carbocycles. The second-order valence-electron chi connectivity index (χ2n) is 12.8. The molecule has 0 saturated carbocycles. The third kappa shape index (κ3) is 5.79. The fourth-order valence-electron chi connectivity index (χ4n) is 7.13. The first kappa shape index (κ1) is 29.2. The first-order valence-corrected chi connectivity index (χ1v) is 16.5. The lowest BCUT2D eigenvalue weighted by Crippen LogP contribution is -2.14. The zero-order valence-electron chi connectivity index (χ0n) is 26.6. The van der Waals surface area contributed by atoms with Gasteiger partial charge >= 0.3 is 0 Å². The van der Waals surface area contributed by atoms with Crippen molar-refractivity contribution in [1.29, 1.82) is 0 Å². The Kier molecular flexibility index (Phi) is 7.76. The number of allylic oxidation sites excluding steroid dienone is 8. The Balaban J connectivity index is 1.16. The van der Waals surface area contributed by atoms with Crippen molar-refractivity contribution in [2.75, 3.05) is 13.1 Å². The summed E-state index contributed by atoms with van der Waals surface area (Å²) in [6.45, 7) is 5.03. The highest BCUT2D eigenvalue weighted by molar-refractivity contribution is 6.16. The van der Waals surface area contributed by atoms with Crippen molar-refractivity contribution in [3.63, 3.8) is 0 Å². The van der Waals surface area contributed by atoms with Crippen LogP contribution in [0.3, 0.4) is 0 Å². The predicted octanol–water partition coefficient (Wildman–Crippen LogP) is 8.22. The van der Waals surface area contributed by atoms with Crippen LogP contribution < -0.4 is 11.1 Å². The molecule has 5 heteroatoms. The van der Waals surface area contributed by atoms with Crippen molar-refractivity contribution in [3.8, 4) is 22.3 Å². The smallest absolute Gasteiger partial charge is 0.0727 e. The van der Waals surface area contributed by atoms with Gasteiger partial charge in [-0.1, -0.05) is 60.7 Å². The molecule has 232 valence electrons. The number of rotatable bonds is 7. The van der Waals surface area contributed by atoms with Gasteiger partial charge in [-0.3, -0.25) is 9.98 Å². The topological polar surface area (TPSA) is 72.0 Å². The lowest BCUT2D eigenvalue weighted by Gasteiger charge is -2.26. The standard InChI is InChI=1S/C42H38N4O/c1-27(4-2-12-43)32-17-33(19-35(18-32)30-10-14-44-24-30)28-8-9-39-38(16-28)26-47-25-31-7-6-29(23-40(31)39)34-20-36(41-5-3-13-45-41)22-37(21-34)42-11-15-46-42/h2-12,14-16,18-23,30,33,44H,13,17,24-26,43H2,1H3/b12-2-,27-4+. The average molecular weight is 615 g/mol. The number of nitrogens with one attached hydrogen (secondary N) is 1. The second kappa shape index (κ2) is 12.5. The van der Waals surface area contributed by atoms with Gasteiger partial charge in [-0.05, 0) is 124 Å². The highest BCUT2D eigenvalue weighted by Crippen LogP contribution is 2.41. The monoisotopic (exact) mass is 614 g/mol. The van der Waals surface area contributed by atoms with Crippen LogP contribution in [0.25, 0.3) is 22.3 Å². The number of aliphatic imine (C=N–C) groups is 2. The molecule has 47 heavy (non-hydrogen) atoms. The fourth-order valence-corrected chi connectivity index (χ4v) is 7.13. The van der Waals surface area contributed by atoms with E-state index >= 15 is 0 Å². The molecule has 0 radical (unpaired) electrons. The van der Waals surface area contributed by atoms with Crippen LogP contribution in [-0.2, 0) is 18.0 Å². The quantitative estimate of drug-likeness (QED) is 0.264. The molecule has 2 atom stereocenters. The minimum absolute atomic E-state index is 0.278. The summed E-state index contributed by atoms with van der Waals surface area (Å²) in [6, 6.07) is 20.5. The van der Waals surface area contributed by atoms with Gasteiger partial charge in [0.25, 0.3) is 0 Å². The zero-order valence-corrected chi connectivity index (χ0v) is 26.6. The first-order chi connectivity index (χ1) is 23.1. The van der Waals surface area contributed by atoms with Gasteiger partial charge < -0.3 is 15.8 Å². The molecule has 4 aliphatic heterocycles. The summed E-state index contributed by atoms with van der Waals surface area (Å²) in [4.78, 5) is 9.20. The summed E-state index contributed by atoms with van der Waals surface area (Å²) in [6.07, 6.45) is 23.9. The maximum atomic E-state index is 6.28. The summed E-state index contributed by atoms with van der Waals surface area (Å²) >= 11 is 0. The maximum absolute atomic E-state index is 6.28. The Morgan fingerprint density at radius 1 is 0.894 bits per heavy atom. The lowest BCUT2D eigenvalue weighted by molar-refractivity contribution is 0.110. The van der Waals surface area contributed by atoms with Gasteiger partial charge in [-0.15, -0.1) is 0 Å². The van der Waals surface area contributed by atoms with Gasteiger partial charge in [-0.25, -0.2) is 0 Å². The molecule has 0 saturated heterocycles. The molecule has 0 amide bonds. The summed E-state index contributed by atoms with van der Waals surface area (Å²) < 4.78 is 6.28. The molecule has 5 aliphatic rings. The Bertz CT molecular complexity index is 2050. The zero-order chi connectivity index (χ0) is 31.7. The molecule has 1 aliphatic carbocycles. The van der Waals surface area contributed by atoms with Crippen LogP contribution in [0.15, 0.2) is 149 Å². The molecule has 0 spiro atoms. The third-order valence-corrected chi connectivity index (χ3v) is 9.77. The van der Waals surface area contributed by atoms with Gasteiger partial charge in [0.1, 0.15) is 0 Å². The molecule has 8 rings (SSSR count). The SMILES string of the molecule is C/C(=C\C=C/N)C1=CC(C2C=CNC2)=CC(c2ccc3c(c2)COCc2ccc(-c4cc(C5=NC=C5)cc(C5=NCC=C5)c4)cc2-3)C1. The Morgan fingerprint density at radius 2 is 1.74 bits per heavy atom. The highest BCUT2D eigenvalue weighted by atomic mass is 16.5. The molecule has 0 aromatic heterocycles. The van der Waals surface area contributed by atoms with Crippen LogP contribution in [0, 0.1) is 5.92 Å². The minimum atomic E-state index is 0.278. The largest absolute Gasteiger partial charge is 0.405 e. The molecular weight excluding hydrogens is 576 g/mol. The van der Waals surface area contributed by atoms with Crippen LogP contribution in [-0.4, -0.2) is 24.5 Å². The fraction of sp³-hybridized carbons (Fsp3) is 0.190. The number of fused-ring (bicyclic) bond motifs is 3. The van der Waals surface area contributed by atoms with Gasteiger partial charge in [0.15, 0.2) is 0 Å². The Labute approximate surface area is 276 Å². The molecule has 0 fully saturated rings. The number of benzene rings is 3. The number of nitrogens with zero attached hydrogens (tertiary/aromatic N) is 2. The van der Waals surface area contributed by atoms with Crippen molar-refractivity contribution < 1.29 is 4.74 Å².